The summed E-state index contributed by atoms with van der Waals surface area (Å²) in [6, 6.07) is 18.7. The van der Waals surface area contributed by atoms with Crippen molar-refractivity contribution in [2.75, 3.05) is 10.0 Å². The average Bonchev–Trinajstić information content (AvgIpc) is 2.85. The Labute approximate surface area is 223 Å². The van der Waals surface area contributed by atoms with Crippen LogP contribution < -0.4 is 21.7 Å². The van der Waals surface area contributed by atoms with Gasteiger partial charge in [-0.15, -0.1) is 0 Å². The second-order valence-corrected chi connectivity index (χ2v) is 10.3. The Kier molecular flexibility index (Phi) is 6.18. The molecule has 0 saturated heterocycles. The van der Waals surface area contributed by atoms with Crippen LogP contribution >= 0.6 is 0 Å². The molecule has 6 heteroatoms. The van der Waals surface area contributed by atoms with E-state index >= 15 is 0 Å². The van der Waals surface area contributed by atoms with Crippen molar-refractivity contribution in [1.82, 2.24) is 0 Å². The third-order valence-electron chi connectivity index (χ3n) is 7.30. The highest BCUT2D eigenvalue weighted by Gasteiger charge is 2.36. The number of fused-ring (bicyclic) bond motifs is 2. The van der Waals surface area contributed by atoms with E-state index in [4.69, 9.17) is 11.7 Å². The first-order chi connectivity index (χ1) is 18.0. The summed E-state index contributed by atoms with van der Waals surface area (Å²) in [5.74, 6) is 13.0. The third-order valence-corrected chi connectivity index (χ3v) is 7.30. The van der Waals surface area contributed by atoms with Gasteiger partial charge in [-0.2, -0.15) is 0 Å². The van der Waals surface area contributed by atoms with Gasteiger partial charge in [-0.05, 0) is 75.9 Å². The average molecular weight is 505 g/mol. The number of nitrogens with zero attached hydrogens (tertiary/aromatic N) is 2. The normalized spacial score (nSPS) is 12.3. The maximum absolute atomic E-state index is 14.0. The van der Waals surface area contributed by atoms with E-state index in [2.05, 4.69) is 24.3 Å². The van der Waals surface area contributed by atoms with Crippen LogP contribution in [0.25, 0.3) is 0 Å². The summed E-state index contributed by atoms with van der Waals surface area (Å²) in [7, 11) is 0. The van der Waals surface area contributed by atoms with Crippen LogP contribution in [-0.4, -0.2) is 11.6 Å². The lowest BCUT2D eigenvalue weighted by Gasteiger charge is -2.32. The Morgan fingerprint density at radius 1 is 0.526 bits per heavy atom. The molecular weight excluding hydrogens is 472 g/mol. The molecule has 38 heavy (non-hydrogen) atoms. The molecular formula is C32H32N4O2. The zero-order chi connectivity index (χ0) is 27.5. The number of nitrogens with two attached hydrogens (primary N) is 2. The van der Waals surface area contributed by atoms with E-state index in [9.17, 15) is 9.59 Å². The molecule has 0 radical (unpaired) electrons. The van der Waals surface area contributed by atoms with E-state index in [1.807, 2.05) is 41.5 Å². The van der Waals surface area contributed by atoms with Crippen molar-refractivity contribution in [3.63, 3.8) is 0 Å². The van der Waals surface area contributed by atoms with Crippen molar-refractivity contribution in [2.45, 2.75) is 41.5 Å². The van der Waals surface area contributed by atoms with Gasteiger partial charge in [-0.25, -0.2) is 11.7 Å². The highest BCUT2D eigenvalue weighted by Crippen LogP contribution is 2.43. The number of benzene rings is 4. The Bertz CT molecular complexity index is 1490. The molecule has 4 N–H and O–H groups in total. The standard InChI is InChI=1S/C32H32N4O2/c1-17-13-19(3)29(20(4)14-17)35(33)25-11-12-26(36(34)30-21(5)15-18(2)16-22(30)6)28-27(25)31(37)23-9-7-8-10-24(23)32(28)38/h7-16H,33-34H2,1-6H3. The van der Waals surface area contributed by atoms with Crippen LogP contribution in [0.4, 0.5) is 22.7 Å². The Morgan fingerprint density at radius 2 is 0.842 bits per heavy atom. The number of carbonyl (C=O) groups excluding carboxylic acids is 2. The predicted molar refractivity (Wildman–Crippen MR) is 154 cm³/mol. The summed E-state index contributed by atoms with van der Waals surface area (Å²) in [4.78, 5) is 28.1. The number of aryl methyl sites for hydroxylation is 6. The predicted octanol–water partition coefficient (Wildman–Crippen LogP) is 6.34. The summed E-state index contributed by atoms with van der Waals surface area (Å²) in [5.41, 5.74) is 9.88. The first-order valence-corrected chi connectivity index (χ1v) is 12.6. The van der Waals surface area contributed by atoms with Gasteiger partial charge in [0.2, 0.25) is 0 Å². The number of hydrogen-bond donors (Lipinski definition) is 2. The molecule has 0 unspecified atom stereocenters. The fourth-order valence-electron chi connectivity index (χ4n) is 5.94. The van der Waals surface area contributed by atoms with Crippen molar-refractivity contribution in [3.05, 3.63) is 116 Å². The van der Waals surface area contributed by atoms with Crippen LogP contribution in [0.1, 0.15) is 65.2 Å². The molecule has 192 valence electrons. The van der Waals surface area contributed by atoms with Gasteiger partial charge in [-0.1, -0.05) is 59.7 Å². The van der Waals surface area contributed by atoms with E-state index < -0.39 is 0 Å². The molecule has 0 aliphatic heterocycles. The lowest BCUT2D eigenvalue weighted by Crippen LogP contribution is -2.34. The molecule has 0 aromatic heterocycles. The molecule has 0 amide bonds. The molecule has 0 spiro atoms. The van der Waals surface area contributed by atoms with Gasteiger partial charge in [0.05, 0.1) is 33.9 Å². The summed E-state index contributed by atoms with van der Waals surface area (Å²) in [6.07, 6.45) is 0. The molecule has 6 nitrogen and oxygen atoms in total. The molecule has 4 aromatic rings. The van der Waals surface area contributed by atoms with E-state index in [1.165, 1.54) is 10.0 Å². The number of rotatable bonds is 4. The maximum atomic E-state index is 14.0. The van der Waals surface area contributed by atoms with E-state index in [0.717, 1.165) is 44.8 Å². The molecule has 5 rings (SSSR count). The van der Waals surface area contributed by atoms with Crippen molar-refractivity contribution < 1.29 is 9.59 Å². The monoisotopic (exact) mass is 504 g/mol. The first kappa shape index (κ1) is 25.4. The van der Waals surface area contributed by atoms with Crippen molar-refractivity contribution in [1.29, 1.82) is 0 Å². The molecule has 0 bridgehead atoms. The Morgan fingerprint density at radius 3 is 1.16 bits per heavy atom. The Balaban J connectivity index is 1.79. The van der Waals surface area contributed by atoms with Gasteiger partial charge in [0.15, 0.2) is 11.6 Å². The molecule has 1 aliphatic carbocycles. The minimum Gasteiger partial charge on any atom is -0.288 e. The van der Waals surface area contributed by atoms with Crippen LogP contribution in [0, 0.1) is 41.5 Å². The van der Waals surface area contributed by atoms with Gasteiger partial charge in [0.1, 0.15) is 0 Å². The summed E-state index contributed by atoms with van der Waals surface area (Å²) < 4.78 is 0. The van der Waals surface area contributed by atoms with Crippen molar-refractivity contribution >= 4 is 34.3 Å². The third kappa shape index (κ3) is 3.90. The van der Waals surface area contributed by atoms with Gasteiger partial charge < -0.3 is 0 Å². The fraction of sp³-hybridized carbons (Fsp3) is 0.188. The number of carbonyl (C=O) groups is 2. The number of ketones is 2. The highest BCUT2D eigenvalue weighted by atomic mass is 16.1. The van der Waals surface area contributed by atoms with E-state index in [1.54, 1.807) is 36.4 Å². The Hall–Kier alpha value is -4.26. The smallest absolute Gasteiger partial charge is 0.196 e. The summed E-state index contributed by atoms with van der Waals surface area (Å²) in [6.45, 7) is 12.0. The van der Waals surface area contributed by atoms with Gasteiger partial charge in [0.25, 0.3) is 0 Å². The maximum Gasteiger partial charge on any atom is 0.196 e. The van der Waals surface area contributed by atoms with Crippen molar-refractivity contribution in [3.8, 4) is 0 Å². The minimum absolute atomic E-state index is 0.254. The minimum atomic E-state index is -0.254. The lowest BCUT2D eigenvalue weighted by atomic mass is 9.81. The molecule has 1 aliphatic rings. The molecule has 0 fully saturated rings. The first-order valence-electron chi connectivity index (χ1n) is 12.6. The van der Waals surface area contributed by atoms with Crippen LogP contribution in [-0.2, 0) is 0 Å². The molecule has 0 heterocycles. The van der Waals surface area contributed by atoms with E-state index in [-0.39, 0.29) is 22.7 Å². The fourth-order valence-corrected chi connectivity index (χ4v) is 5.94. The van der Waals surface area contributed by atoms with E-state index in [0.29, 0.717) is 22.5 Å². The largest absolute Gasteiger partial charge is 0.288 e. The van der Waals surface area contributed by atoms with Crippen LogP contribution in [0.15, 0.2) is 60.7 Å². The molecule has 0 atom stereocenters. The highest BCUT2D eigenvalue weighted by molar-refractivity contribution is 6.32. The number of hydrogen-bond acceptors (Lipinski definition) is 6. The summed E-state index contributed by atoms with van der Waals surface area (Å²) >= 11 is 0. The van der Waals surface area contributed by atoms with Crippen molar-refractivity contribution in [2.24, 2.45) is 11.7 Å². The van der Waals surface area contributed by atoms with Crippen LogP contribution in [0.2, 0.25) is 0 Å². The number of anilines is 4. The van der Waals surface area contributed by atoms with Gasteiger partial charge in [-0.3, -0.25) is 19.6 Å². The summed E-state index contributed by atoms with van der Waals surface area (Å²) in [5, 5.41) is 3.05. The van der Waals surface area contributed by atoms with Crippen LogP contribution in [0.5, 0.6) is 0 Å². The zero-order valence-electron chi connectivity index (χ0n) is 22.6. The van der Waals surface area contributed by atoms with Gasteiger partial charge in [0, 0.05) is 11.1 Å². The molecule has 0 saturated carbocycles. The quantitative estimate of drug-likeness (QED) is 0.219. The second-order valence-electron chi connectivity index (χ2n) is 10.3. The molecule has 4 aromatic carbocycles. The topological polar surface area (TPSA) is 92.7 Å². The van der Waals surface area contributed by atoms with Gasteiger partial charge >= 0.3 is 0 Å². The zero-order valence-corrected chi connectivity index (χ0v) is 22.6. The second kappa shape index (κ2) is 9.24. The number of hydrazine groups is 2. The SMILES string of the molecule is Cc1cc(C)c(N(N)c2ccc(N(N)c3c(C)cc(C)cc3C)c3c2C(=O)c2ccccc2C3=O)c(C)c1. The lowest BCUT2D eigenvalue weighted by molar-refractivity contribution is 0.0980. The van der Waals surface area contributed by atoms with Crippen LogP contribution in [0.3, 0.4) is 0 Å².